The smallest absolute Gasteiger partial charge is 0.242 e. The fourth-order valence-corrected chi connectivity index (χ4v) is 2.94. The number of aliphatic hydroxyl groups excluding tert-OH is 1. The van der Waals surface area contributed by atoms with E-state index in [4.69, 9.17) is 11.6 Å². The number of halogens is 1. The van der Waals surface area contributed by atoms with Crippen LogP contribution in [0.25, 0.3) is 0 Å². The minimum atomic E-state index is -0.333. The highest BCUT2D eigenvalue weighted by Crippen LogP contribution is 2.15. The highest BCUT2D eigenvalue weighted by molar-refractivity contribution is 6.30. The number of β-amino-alcohol motifs (C(OH)–C–C–N with tert-alkyl or cyclic N) is 1. The largest absolute Gasteiger partial charge is 0.392 e. The zero-order valence-electron chi connectivity index (χ0n) is 13.9. The molecule has 1 fully saturated rings. The van der Waals surface area contributed by atoms with E-state index in [0.29, 0.717) is 23.4 Å². The maximum atomic E-state index is 12.4. The minimum Gasteiger partial charge on any atom is -0.392 e. The highest BCUT2D eigenvalue weighted by atomic mass is 35.5. The average Bonchev–Trinajstić information content (AvgIpc) is 2.50. The average molecular weight is 341 g/mol. The van der Waals surface area contributed by atoms with Crippen LogP contribution in [0.1, 0.15) is 20.8 Å². The molecule has 0 radical (unpaired) electrons. The molecule has 0 aliphatic carbocycles. The highest BCUT2D eigenvalue weighted by Gasteiger charge is 2.30. The first-order valence-corrected chi connectivity index (χ1v) is 8.33. The lowest BCUT2D eigenvalue weighted by Crippen LogP contribution is -2.57. The number of pyridine rings is 1. The van der Waals surface area contributed by atoms with E-state index in [2.05, 4.69) is 27.0 Å². The van der Waals surface area contributed by atoms with E-state index in [1.54, 1.807) is 19.1 Å². The molecular weight excluding hydrogens is 316 g/mol. The standard InChI is InChI=1S/C16H25ClN4O2/c1-11-9-21(7-6-20(11)10-12(2)22)13(3)16(23)19-15-5-4-14(17)8-18-15/h4-5,8,11-13,22H,6-7,9-10H2,1-3H3,(H,18,19,23)/t11-,12+,13-/m1/s1. The summed E-state index contributed by atoms with van der Waals surface area (Å²) < 4.78 is 0. The Hall–Kier alpha value is -1.21. The summed E-state index contributed by atoms with van der Waals surface area (Å²) in [5.74, 6) is 0.433. The van der Waals surface area contributed by atoms with E-state index in [1.165, 1.54) is 6.20 Å². The molecule has 128 valence electrons. The molecule has 3 atom stereocenters. The molecule has 0 saturated carbocycles. The van der Waals surface area contributed by atoms with Crippen LogP contribution in [0.15, 0.2) is 18.3 Å². The van der Waals surface area contributed by atoms with E-state index >= 15 is 0 Å². The number of anilines is 1. The third-order valence-electron chi connectivity index (χ3n) is 4.20. The maximum absolute atomic E-state index is 12.4. The monoisotopic (exact) mass is 340 g/mol. The number of aliphatic hydroxyl groups is 1. The van der Waals surface area contributed by atoms with Crippen LogP contribution in [0, 0.1) is 0 Å². The number of nitrogens with one attached hydrogen (secondary N) is 1. The summed E-state index contributed by atoms with van der Waals surface area (Å²) in [5, 5.41) is 12.9. The molecule has 1 aromatic heterocycles. The number of nitrogens with zero attached hydrogens (tertiary/aromatic N) is 3. The van der Waals surface area contributed by atoms with Crippen LogP contribution in [0.5, 0.6) is 0 Å². The van der Waals surface area contributed by atoms with Crippen molar-refractivity contribution in [1.29, 1.82) is 0 Å². The third kappa shape index (κ3) is 5.14. The van der Waals surface area contributed by atoms with Gasteiger partial charge in [0.25, 0.3) is 0 Å². The van der Waals surface area contributed by atoms with Gasteiger partial charge in [0.15, 0.2) is 0 Å². The summed E-state index contributed by atoms with van der Waals surface area (Å²) in [7, 11) is 0. The number of aromatic nitrogens is 1. The van der Waals surface area contributed by atoms with E-state index < -0.39 is 0 Å². The molecule has 0 aromatic carbocycles. The van der Waals surface area contributed by atoms with Gasteiger partial charge in [0.1, 0.15) is 5.82 Å². The molecule has 23 heavy (non-hydrogen) atoms. The molecule has 1 aliphatic rings. The van der Waals surface area contributed by atoms with Gasteiger partial charge in [-0.1, -0.05) is 11.6 Å². The predicted octanol–water partition coefficient (Wildman–Crippen LogP) is 1.45. The van der Waals surface area contributed by atoms with Crippen molar-refractivity contribution in [3.05, 3.63) is 23.4 Å². The van der Waals surface area contributed by atoms with Gasteiger partial charge >= 0.3 is 0 Å². The molecule has 2 heterocycles. The first kappa shape index (κ1) is 18.1. The topological polar surface area (TPSA) is 68.7 Å². The van der Waals surface area contributed by atoms with Crippen LogP contribution < -0.4 is 5.32 Å². The molecule has 1 aromatic rings. The summed E-state index contributed by atoms with van der Waals surface area (Å²) in [5.41, 5.74) is 0. The van der Waals surface area contributed by atoms with Crippen molar-refractivity contribution >= 4 is 23.3 Å². The molecule has 0 spiro atoms. The van der Waals surface area contributed by atoms with Crippen molar-refractivity contribution in [2.45, 2.75) is 39.0 Å². The van der Waals surface area contributed by atoms with Crippen molar-refractivity contribution in [3.8, 4) is 0 Å². The van der Waals surface area contributed by atoms with Gasteiger partial charge in [-0.25, -0.2) is 4.98 Å². The van der Waals surface area contributed by atoms with Crippen molar-refractivity contribution < 1.29 is 9.90 Å². The Morgan fingerprint density at radius 3 is 2.78 bits per heavy atom. The number of rotatable bonds is 5. The van der Waals surface area contributed by atoms with E-state index in [9.17, 15) is 9.90 Å². The Labute approximate surface area is 142 Å². The summed E-state index contributed by atoms with van der Waals surface area (Å²) in [4.78, 5) is 20.9. The zero-order valence-corrected chi connectivity index (χ0v) is 14.6. The second-order valence-electron chi connectivity index (χ2n) is 6.21. The van der Waals surface area contributed by atoms with Gasteiger partial charge < -0.3 is 10.4 Å². The molecule has 2 N–H and O–H groups in total. The fraction of sp³-hybridized carbons (Fsp3) is 0.625. The Morgan fingerprint density at radius 2 is 2.22 bits per heavy atom. The Balaban J connectivity index is 1.89. The first-order chi connectivity index (χ1) is 10.9. The van der Waals surface area contributed by atoms with Gasteiger partial charge in [0.05, 0.1) is 17.2 Å². The molecule has 1 saturated heterocycles. The van der Waals surface area contributed by atoms with Crippen LogP contribution >= 0.6 is 11.6 Å². The lowest BCUT2D eigenvalue weighted by atomic mass is 10.1. The number of hydrogen-bond acceptors (Lipinski definition) is 5. The lowest BCUT2D eigenvalue weighted by Gasteiger charge is -2.42. The SMILES string of the molecule is C[C@H](O)CN1CCN([C@H](C)C(=O)Nc2ccc(Cl)cn2)C[C@H]1C. The van der Waals surface area contributed by atoms with Gasteiger partial charge in [0, 0.05) is 38.4 Å². The Bertz CT molecular complexity index is 523. The van der Waals surface area contributed by atoms with Crippen LogP contribution in [-0.2, 0) is 4.79 Å². The van der Waals surface area contributed by atoms with Gasteiger partial charge in [-0.3, -0.25) is 14.6 Å². The van der Waals surface area contributed by atoms with E-state index in [0.717, 1.165) is 19.6 Å². The zero-order chi connectivity index (χ0) is 17.0. The Kier molecular flexibility index (Phi) is 6.35. The lowest BCUT2D eigenvalue weighted by molar-refractivity contribution is -0.122. The van der Waals surface area contributed by atoms with Gasteiger partial charge in [-0.15, -0.1) is 0 Å². The van der Waals surface area contributed by atoms with Crippen molar-refractivity contribution in [2.75, 3.05) is 31.5 Å². The Morgan fingerprint density at radius 1 is 1.48 bits per heavy atom. The van der Waals surface area contributed by atoms with E-state index in [1.807, 2.05) is 6.92 Å². The second-order valence-corrected chi connectivity index (χ2v) is 6.65. The summed E-state index contributed by atoms with van der Waals surface area (Å²) in [6, 6.07) is 3.47. The fourth-order valence-electron chi connectivity index (χ4n) is 2.83. The number of carbonyl (C=O) groups excluding carboxylic acids is 1. The summed E-state index contributed by atoms with van der Waals surface area (Å²) in [6.45, 7) is 8.96. The number of amides is 1. The van der Waals surface area contributed by atoms with Crippen molar-refractivity contribution in [2.24, 2.45) is 0 Å². The summed E-state index contributed by atoms with van der Waals surface area (Å²) >= 11 is 5.79. The second kappa shape index (κ2) is 8.06. The van der Waals surface area contributed by atoms with Crippen molar-refractivity contribution in [3.63, 3.8) is 0 Å². The molecule has 1 aliphatic heterocycles. The quantitative estimate of drug-likeness (QED) is 0.849. The predicted molar refractivity (Wildman–Crippen MR) is 91.6 cm³/mol. The molecule has 0 bridgehead atoms. The van der Waals surface area contributed by atoms with Gasteiger partial charge in [-0.05, 0) is 32.9 Å². The first-order valence-electron chi connectivity index (χ1n) is 7.95. The number of carbonyl (C=O) groups is 1. The molecule has 7 heteroatoms. The van der Waals surface area contributed by atoms with E-state index in [-0.39, 0.29) is 18.1 Å². The molecule has 6 nitrogen and oxygen atoms in total. The molecule has 0 unspecified atom stereocenters. The third-order valence-corrected chi connectivity index (χ3v) is 4.42. The molecule has 2 rings (SSSR count). The minimum absolute atomic E-state index is 0.0731. The van der Waals surface area contributed by atoms with Crippen LogP contribution in [-0.4, -0.2) is 70.2 Å². The molecule has 1 amide bonds. The normalized spacial score (nSPS) is 22.6. The van der Waals surface area contributed by atoms with Crippen LogP contribution in [0.3, 0.4) is 0 Å². The number of hydrogen-bond donors (Lipinski definition) is 2. The maximum Gasteiger partial charge on any atom is 0.242 e. The number of piperazine rings is 1. The van der Waals surface area contributed by atoms with Crippen LogP contribution in [0.4, 0.5) is 5.82 Å². The van der Waals surface area contributed by atoms with Crippen molar-refractivity contribution in [1.82, 2.24) is 14.8 Å². The molecular formula is C16H25ClN4O2. The summed E-state index contributed by atoms with van der Waals surface area (Å²) in [6.07, 6.45) is 1.18. The van der Waals surface area contributed by atoms with Crippen LogP contribution in [0.2, 0.25) is 5.02 Å². The van der Waals surface area contributed by atoms with Gasteiger partial charge in [-0.2, -0.15) is 0 Å². The van der Waals surface area contributed by atoms with Gasteiger partial charge in [0.2, 0.25) is 5.91 Å².